The van der Waals surface area contributed by atoms with Gasteiger partial charge in [-0.2, -0.15) is 0 Å². The van der Waals surface area contributed by atoms with Crippen LogP contribution in [0, 0.1) is 12.8 Å². The van der Waals surface area contributed by atoms with E-state index < -0.39 is 0 Å². The highest BCUT2D eigenvalue weighted by molar-refractivity contribution is 5.79. The highest BCUT2D eigenvalue weighted by Gasteiger charge is 2.27. The summed E-state index contributed by atoms with van der Waals surface area (Å²) in [5.74, 6) is 1.35. The molecule has 5 nitrogen and oxygen atoms in total. The molecular formula is C23H30N4O. The Labute approximate surface area is 167 Å². The van der Waals surface area contributed by atoms with Crippen molar-refractivity contribution in [2.24, 2.45) is 5.92 Å². The molecule has 1 amide bonds. The van der Waals surface area contributed by atoms with Gasteiger partial charge in [0.25, 0.3) is 0 Å². The number of carbonyl (C=O) groups excluding carboxylic acids is 1. The van der Waals surface area contributed by atoms with E-state index in [0.717, 1.165) is 55.8 Å². The second kappa shape index (κ2) is 8.72. The number of rotatable bonds is 4. The molecule has 1 aromatic heterocycles. The Balaban J connectivity index is 1.36. The van der Waals surface area contributed by atoms with Gasteiger partial charge in [0.15, 0.2) is 0 Å². The Morgan fingerprint density at radius 1 is 1.04 bits per heavy atom. The number of aryl methyl sites for hydroxylation is 1. The summed E-state index contributed by atoms with van der Waals surface area (Å²) in [6.45, 7) is 3.83. The van der Waals surface area contributed by atoms with Gasteiger partial charge < -0.3 is 10.2 Å². The summed E-state index contributed by atoms with van der Waals surface area (Å²) in [5.41, 5.74) is 3.29. The summed E-state index contributed by atoms with van der Waals surface area (Å²) in [5, 5.41) is 3.30. The number of anilines is 1. The van der Waals surface area contributed by atoms with Gasteiger partial charge in [0.2, 0.25) is 5.91 Å². The van der Waals surface area contributed by atoms with E-state index in [9.17, 15) is 4.79 Å². The van der Waals surface area contributed by atoms with Crippen molar-refractivity contribution in [3.8, 4) is 11.3 Å². The smallest absolute Gasteiger partial charge is 0.223 e. The normalized spacial score (nSPS) is 18.8. The van der Waals surface area contributed by atoms with E-state index in [1.165, 1.54) is 24.8 Å². The van der Waals surface area contributed by atoms with E-state index in [1.807, 2.05) is 0 Å². The molecule has 4 rings (SSSR count). The van der Waals surface area contributed by atoms with E-state index in [0.29, 0.717) is 6.04 Å². The molecule has 0 spiro atoms. The molecule has 0 bridgehead atoms. The molecule has 0 unspecified atom stereocenters. The van der Waals surface area contributed by atoms with Crippen LogP contribution in [0.25, 0.3) is 11.3 Å². The van der Waals surface area contributed by atoms with Crippen LogP contribution in [-0.2, 0) is 4.79 Å². The fourth-order valence-corrected chi connectivity index (χ4v) is 4.42. The lowest BCUT2D eigenvalue weighted by atomic mass is 9.92. The van der Waals surface area contributed by atoms with Gasteiger partial charge in [0.1, 0.15) is 12.1 Å². The van der Waals surface area contributed by atoms with Crippen molar-refractivity contribution in [1.29, 1.82) is 0 Å². The molecule has 1 saturated carbocycles. The Hall–Kier alpha value is -2.43. The van der Waals surface area contributed by atoms with Gasteiger partial charge in [0.05, 0.1) is 5.69 Å². The van der Waals surface area contributed by atoms with E-state index >= 15 is 0 Å². The van der Waals surface area contributed by atoms with Crippen molar-refractivity contribution < 1.29 is 4.79 Å². The first-order valence-corrected chi connectivity index (χ1v) is 10.6. The van der Waals surface area contributed by atoms with E-state index in [-0.39, 0.29) is 11.8 Å². The van der Waals surface area contributed by atoms with Crippen LogP contribution in [0.4, 0.5) is 5.82 Å². The van der Waals surface area contributed by atoms with Crippen LogP contribution < -0.4 is 10.2 Å². The minimum absolute atomic E-state index is 0.135. The van der Waals surface area contributed by atoms with Crippen molar-refractivity contribution >= 4 is 11.7 Å². The highest BCUT2D eigenvalue weighted by atomic mass is 16.1. The van der Waals surface area contributed by atoms with Crippen LogP contribution in [-0.4, -0.2) is 35.0 Å². The lowest BCUT2D eigenvalue weighted by Gasteiger charge is -2.33. The minimum Gasteiger partial charge on any atom is -0.356 e. The van der Waals surface area contributed by atoms with E-state index in [2.05, 4.69) is 57.4 Å². The van der Waals surface area contributed by atoms with Crippen molar-refractivity contribution in [2.75, 3.05) is 18.0 Å². The van der Waals surface area contributed by atoms with Crippen molar-refractivity contribution in [1.82, 2.24) is 15.3 Å². The zero-order valence-corrected chi connectivity index (χ0v) is 16.7. The number of piperidine rings is 1. The molecule has 2 fully saturated rings. The third kappa shape index (κ3) is 4.51. The molecule has 2 aliphatic rings. The first kappa shape index (κ1) is 18.9. The van der Waals surface area contributed by atoms with Crippen LogP contribution >= 0.6 is 0 Å². The van der Waals surface area contributed by atoms with Crippen molar-refractivity contribution in [3.05, 3.63) is 42.2 Å². The molecule has 148 valence electrons. The quantitative estimate of drug-likeness (QED) is 0.870. The summed E-state index contributed by atoms with van der Waals surface area (Å²) in [6.07, 6.45) is 9.54. The molecule has 0 radical (unpaired) electrons. The third-order valence-corrected chi connectivity index (χ3v) is 6.11. The number of nitrogens with one attached hydrogen (secondary N) is 1. The summed E-state index contributed by atoms with van der Waals surface area (Å²) >= 11 is 0. The average molecular weight is 379 g/mol. The SMILES string of the molecule is Cc1cccc(-c2cc(N3CCC(C(=O)NC4CCCCC4)CC3)ncn2)c1. The Bertz CT molecular complexity index is 808. The summed E-state index contributed by atoms with van der Waals surface area (Å²) in [6, 6.07) is 10.8. The Morgan fingerprint density at radius 2 is 1.82 bits per heavy atom. The number of amides is 1. The molecule has 1 aliphatic carbocycles. The third-order valence-electron chi connectivity index (χ3n) is 6.11. The van der Waals surface area contributed by atoms with Crippen LogP contribution in [0.1, 0.15) is 50.5 Å². The minimum atomic E-state index is 0.135. The second-order valence-electron chi connectivity index (χ2n) is 8.24. The van der Waals surface area contributed by atoms with Gasteiger partial charge in [-0.25, -0.2) is 9.97 Å². The molecule has 28 heavy (non-hydrogen) atoms. The average Bonchev–Trinajstić information content (AvgIpc) is 2.75. The Kier molecular flexibility index (Phi) is 5.89. The molecule has 0 atom stereocenters. The fraction of sp³-hybridized carbons (Fsp3) is 0.522. The summed E-state index contributed by atoms with van der Waals surface area (Å²) in [4.78, 5) is 23.8. The second-order valence-corrected chi connectivity index (χ2v) is 8.24. The number of aromatic nitrogens is 2. The van der Waals surface area contributed by atoms with Crippen molar-refractivity contribution in [2.45, 2.75) is 57.9 Å². The number of carbonyl (C=O) groups is 1. The van der Waals surface area contributed by atoms with Crippen LogP contribution in [0.2, 0.25) is 0 Å². The van der Waals surface area contributed by atoms with Crippen LogP contribution in [0.5, 0.6) is 0 Å². The maximum absolute atomic E-state index is 12.6. The van der Waals surface area contributed by atoms with Crippen molar-refractivity contribution in [3.63, 3.8) is 0 Å². The standard InChI is InChI=1S/C23H30N4O/c1-17-6-5-7-19(14-17)21-15-22(25-16-24-21)27-12-10-18(11-13-27)23(28)26-20-8-3-2-4-9-20/h5-7,14-16,18,20H,2-4,8-13H2,1H3,(H,26,28). The lowest BCUT2D eigenvalue weighted by molar-refractivity contribution is -0.126. The molecule has 1 saturated heterocycles. The van der Waals surface area contributed by atoms with Gasteiger partial charge in [-0.15, -0.1) is 0 Å². The van der Waals surface area contributed by atoms with E-state index in [4.69, 9.17) is 0 Å². The monoisotopic (exact) mass is 378 g/mol. The number of nitrogens with zero attached hydrogens (tertiary/aromatic N) is 3. The van der Waals surface area contributed by atoms with Gasteiger partial charge in [0, 0.05) is 36.7 Å². The molecule has 5 heteroatoms. The largest absolute Gasteiger partial charge is 0.356 e. The molecule has 2 aromatic rings. The van der Waals surface area contributed by atoms with Crippen LogP contribution in [0.3, 0.4) is 0 Å². The predicted molar refractivity (Wildman–Crippen MR) is 112 cm³/mol. The number of hydrogen-bond acceptors (Lipinski definition) is 4. The van der Waals surface area contributed by atoms with E-state index in [1.54, 1.807) is 6.33 Å². The van der Waals surface area contributed by atoms with Gasteiger partial charge in [-0.1, -0.05) is 43.0 Å². The molecule has 1 aliphatic heterocycles. The first-order chi connectivity index (χ1) is 13.7. The summed E-state index contributed by atoms with van der Waals surface area (Å²) < 4.78 is 0. The topological polar surface area (TPSA) is 58.1 Å². The fourth-order valence-electron chi connectivity index (χ4n) is 4.42. The number of hydrogen-bond donors (Lipinski definition) is 1. The first-order valence-electron chi connectivity index (χ1n) is 10.6. The lowest BCUT2D eigenvalue weighted by Crippen LogP contribution is -2.44. The Morgan fingerprint density at radius 3 is 2.57 bits per heavy atom. The molecule has 2 heterocycles. The molecule has 1 N–H and O–H groups in total. The zero-order chi connectivity index (χ0) is 19.3. The van der Waals surface area contributed by atoms with Gasteiger partial charge >= 0.3 is 0 Å². The highest BCUT2D eigenvalue weighted by Crippen LogP contribution is 2.26. The summed E-state index contributed by atoms with van der Waals surface area (Å²) in [7, 11) is 0. The van der Waals surface area contributed by atoms with Gasteiger partial charge in [-0.05, 0) is 38.7 Å². The maximum Gasteiger partial charge on any atom is 0.223 e. The molecule has 1 aromatic carbocycles. The number of benzene rings is 1. The maximum atomic E-state index is 12.6. The zero-order valence-electron chi connectivity index (χ0n) is 16.7. The van der Waals surface area contributed by atoms with Gasteiger partial charge in [-0.3, -0.25) is 4.79 Å². The van der Waals surface area contributed by atoms with Crippen LogP contribution in [0.15, 0.2) is 36.7 Å². The molecular weight excluding hydrogens is 348 g/mol. The predicted octanol–water partition coefficient (Wildman–Crippen LogP) is 4.12.